The van der Waals surface area contributed by atoms with E-state index in [9.17, 15) is 13.2 Å². The maximum atomic E-state index is 14.4. The maximum Gasteiger partial charge on any atom is 0.419 e. The summed E-state index contributed by atoms with van der Waals surface area (Å²) in [5.74, 6) is 0. The molecular weight excluding hydrogens is 421 g/mol. The van der Waals surface area contributed by atoms with E-state index in [4.69, 9.17) is 0 Å². The van der Waals surface area contributed by atoms with Crippen LogP contribution in [0.5, 0.6) is 0 Å². The van der Waals surface area contributed by atoms with Crippen molar-refractivity contribution in [1.82, 2.24) is 9.97 Å². The van der Waals surface area contributed by atoms with Crippen LogP contribution in [0.2, 0.25) is 0 Å². The van der Waals surface area contributed by atoms with E-state index in [1.807, 2.05) is 49.4 Å². The Labute approximate surface area is 190 Å². The Kier molecular flexibility index (Phi) is 4.71. The van der Waals surface area contributed by atoms with Gasteiger partial charge in [-0.25, -0.2) is 9.97 Å². The van der Waals surface area contributed by atoms with Gasteiger partial charge in [-0.3, -0.25) is 0 Å². The standard InChI is InChI=1S/C28H23F3N2/c1-16-11-18(13-19(12-16)27(2,3)4)25-23-14-22-20-8-6-5-7-17(20)9-10-21(22)24(28(29,30)31)26(23)33-15-32-25/h5-15H,1-4H3. The summed E-state index contributed by atoms with van der Waals surface area (Å²) in [4.78, 5) is 8.60. The van der Waals surface area contributed by atoms with E-state index in [-0.39, 0.29) is 16.3 Å². The van der Waals surface area contributed by atoms with Crippen LogP contribution in [-0.4, -0.2) is 9.97 Å². The minimum Gasteiger partial charge on any atom is -0.236 e. The van der Waals surface area contributed by atoms with Crippen molar-refractivity contribution in [3.05, 3.63) is 83.7 Å². The molecule has 5 rings (SSSR count). The number of fused-ring (bicyclic) bond motifs is 4. The smallest absolute Gasteiger partial charge is 0.236 e. The van der Waals surface area contributed by atoms with Crippen molar-refractivity contribution in [3.63, 3.8) is 0 Å². The highest BCUT2D eigenvalue weighted by Gasteiger charge is 2.36. The van der Waals surface area contributed by atoms with E-state index in [0.29, 0.717) is 16.5 Å². The quantitative estimate of drug-likeness (QED) is 0.192. The van der Waals surface area contributed by atoms with Crippen LogP contribution in [0.1, 0.15) is 37.5 Å². The lowest BCUT2D eigenvalue weighted by Crippen LogP contribution is -2.11. The number of nitrogens with zero attached hydrogens (tertiary/aromatic N) is 2. The molecular formula is C28H23F3N2. The van der Waals surface area contributed by atoms with Crippen LogP contribution in [0, 0.1) is 6.92 Å². The van der Waals surface area contributed by atoms with E-state index in [2.05, 4.69) is 36.8 Å². The van der Waals surface area contributed by atoms with E-state index in [1.165, 1.54) is 6.33 Å². The van der Waals surface area contributed by atoms with Gasteiger partial charge in [0, 0.05) is 10.9 Å². The lowest BCUT2D eigenvalue weighted by Gasteiger charge is -2.21. The summed E-state index contributed by atoms with van der Waals surface area (Å²) in [6, 6.07) is 18.7. The van der Waals surface area contributed by atoms with Gasteiger partial charge in [0.05, 0.1) is 16.8 Å². The molecule has 0 N–H and O–H groups in total. The van der Waals surface area contributed by atoms with Crippen LogP contribution < -0.4 is 0 Å². The molecule has 4 aromatic carbocycles. The minimum atomic E-state index is -4.56. The van der Waals surface area contributed by atoms with Gasteiger partial charge < -0.3 is 0 Å². The molecule has 5 aromatic rings. The molecule has 0 saturated heterocycles. The monoisotopic (exact) mass is 444 g/mol. The predicted molar refractivity (Wildman–Crippen MR) is 128 cm³/mol. The first-order valence-corrected chi connectivity index (χ1v) is 10.8. The molecule has 1 aromatic heterocycles. The van der Waals surface area contributed by atoms with Gasteiger partial charge >= 0.3 is 6.18 Å². The van der Waals surface area contributed by atoms with Crippen LogP contribution in [0.3, 0.4) is 0 Å². The topological polar surface area (TPSA) is 25.8 Å². The first-order chi connectivity index (χ1) is 15.5. The van der Waals surface area contributed by atoms with Crippen LogP contribution in [0.25, 0.3) is 43.7 Å². The van der Waals surface area contributed by atoms with E-state index in [1.54, 1.807) is 12.1 Å². The zero-order chi connectivity index (χ0) is 23.5. The van der Waals surface area contributed by atoms with E-state index < -0.39 is 11.7 Å². The van der Waals surface area contributed by atoms with Gasteiger partial charge in [-0.2, -0.15) is 13.2 Å². The van der Waals surface area contributed by atoms with Gasteiger partial charge in [0.2, 0.25) is 0 Å². The number of alkyl halides is 3. The Morgan fingerprint density at radius 1 is 0.727 bits per heavy atom. The number of hydrogen-bond donors (Lipinski definition) is 0. The van der Waals surface area contributed by atoms with Crippen LogP contribution >= 0.6 is 0 Å². The molecule has 0 radical (unpaired) electrons. The molecule has 1 heterocycles. The lowest BCUT2D eigenvalue weighted by molar-refractivity contribution is -0.135. The molecule has 0 saturated carbocycles. The summed E-state index contributed by atoms with van der Waals surface area (Å²) in [5, 5.41) is 2.77. The summed E-state index contributed by atoms with van der Waals surface area (Å²) in [6.45, 7) is 8.34. The fraction of sp³-hybridized carbons (Fsp3) is 0.214. The first-order valence-electron chi connectivity index (χ1n) is 10.8. The number of aromatic nitrogens is 2. The molecule has 2 nitrogen and oxygen atoms in total. The van der Waals surface area contributed by atoms with Crippen molar-refractivity contribution in [2.24, 2.45) is 0 Å². The summed E-state index contributed by atoms with van der Waals surface area (Å²) in [7, 11) is 0. The van der Waals surface area contributed by atoms with E-state index >= 15 is 0 Å². The highest BCUT2D eigenvalue weighted by molar-refractivity contribution is 6.15. The Hall–Kier alpha value is -3.47. The summed E-state index contributed by atoms with van der Waals surface area (Å²) >= 11 is 0. The van der Waals surface area contributed by atoms with Crippen molar-refractivity contribution in [2.45, 2.75) is 39.3 Å². The molecule has 0 bridgehead atoms. The highest BCUT2D eigenvalue weighted by Crippen LogP contribution is 2.43. The number of benzene rings is 4. The van der Waals surface area contributed by atoms with Crippen LogP contribution in [0.4, 0.5) is 13.2 Å². The van der Waals surface area contributed by atoms with Crippen molar-refractivity contribution in [3.8, 4) is 11.3 Å². The average Bonchev–Trinajstić information content (AvgIpc) is 2.75. The molecule has 0 aliphatic heterocycles. The van der Waals surface area contributed by atoms with Gasteiger partial charge in [-0.15, -0.1) is 0 Å². The molecule has 0 aliphatic carbocycles. The van der Waals surface area contributed by atoms with Crippen molar-refractivity contribution < 1.29 is 13.2 Å². The van der Waals surface area contributed by atoms with Gasteiger partial charge in [0.25, 0.3) is 0 Å². The number of halogens is 3. The fourth-order valence-electron chi connectivity index (χ4n) is 4.54. The Morgan fingerprint density at radius 2 is 1.48 bits per heavy atom. The van der Waals surface area contributed by atoms with E-state index in [0.717, 1.165) is 27.5 Å². The molecule has 0 fully saturated rings. The van der Waals surface area contributed by atoms with Gasteiger partial charge in [0.1, 0.15) is 6.33 Å². The molecule has 0 spiro atoms. The van der Waals surface area contributed by atoms with Gasteiger partial charge in [-0.05, 0) is 57.6 Å². The zero-order valence-corrected chi connectivity index (χ0v) is 18.9. The minimum absolute atomic E-state index is 0.0749. The fourth-order valence-corrected chi connectivity index (χ4v) is 4.54. The zero-order valence-electron chi connectivity index (χ0n) is 18.9. The average molecular weight is 445 g/mol. The second kappa shape index (κ2) is 7.27. The number of aryl methyl sites for hydroxylation is 1. The van der Waals surface area contributed by atoms with Crippen molar-refractivity contribution in [1.29, 1.82) is 0 Å². The number of hydrogen-bond acceptors (Lipinski definition) is 2. The Morgan fingerprint density at radius 3 is 2.21 bits per heavy atom. The SMILES string of the molecule is Cc1cc(-c2ncnc3c(C(F)(F)F)c4ccc5ccccc5c4cc23)cc(C(C)(C)C)c1. The second-order valence-corrected chi connectivity index (χ2v) is 9.59. The Bertz CT molecular complexity index is 1540. The third kappa shape index (κ3) is 3.62. The summed E-state index contributed by atoms with van der Waals surface area (Å²) in [5.41, 5.74) is 2.54. The third-order valence-corrected chi connectivity index (χ3v) is 6.15. The molecule has 0 unspecified atom stereocenters. The van der Waals surface area contributed by atoms with Gasteiger partial charge in [0.15, 0.2) is 0 Å². The van der Waals surface area contributed by atoms with Gasteiger partial charge in [-0.1, -0.05) is 68.8 Å². The Balaban J connectivity index is 1.95. The largest absolute Gasteiger partial charge is 0.419 e. The molecule has 166 valence electrons. The summed E-state index contributed by atoms with van der Waals surface area (Å²) in [6.07, 6.45) is -3.33. The van der Waals surface area contributed by atoms with Crippen LogP contribution in [0.15, 0.2) is 67.0 Å². The molecule has 0 amide bonds. The lowest BCUT2D eigenvalue weighted by atomic mass is 9.84. The predicted octanol–water partition coefficient (Wildman–Crippen LogP) is 8.23. The van der Waals surface area contributed by atoms with Crippen LogP contribution in [-0.2, 0) is 11.6 Å². The molecule has 5 heteroatoms. The molecule has 0 aliphatic rings. The summed E-state index contributed by atoms with van der Waals surface area (Å²) < 4.78 is 43.2. The second-order valence-electron chi connectivity index (χ2n) is 9.59. The third-order valence-electron chi connectivity index (χ3n) is 6.15. The highest BCUT2D eigenvalue weighted by atomic mass is 19.4. The maximum absolute atomic E-state index is 14.4. The van der Waals surface area contributed by atoms with Crippen molar-refractivity contribution in [2.75, 3.05) is 0 Å². The molecule has 0 atom stereocenters. The number of rotatable bonds is 1. The van der Waals surface area contributed by atoms with Crippen molar-refractivity contribution >= 4 is 32.4 Å². The molecule has 33 heavy (non-hydrogen) atoms. The first kappa shape index (κ1) is 21.4. The normalized spacial score (nSPS) is 12.7.